The van der Waals surface area contributed by atoms with Crippen LogP contribution >= 0.6 is 0 Å². The lowest BCUT2D eigenvalue weighted by molar-refractivity contribution is 0.152. The van der Waals surface area contributed by atoms with Crippen molar-refractivity contribution in [1.82, 2.24) is 0 Å². The van der Waals surface area contributed by atoms with E-state index in [1.54, 1.807) is 35.5 Å². The van der Waals surface area contributed by atoms with Crippen molar-refractivity contribution in [2.45, 2.75) is 17.9 Å². The maximum Gasteiger partial charge on any atom is 0.126 e. The van der Waals surface area contributed by atoms with E-state index in [0.29, 0.717) is 23.0 Å². The summed E-state index contributed by atoms with van der Waals surface area (Å²) in [5, 5.41) is 11.6. The molecule has 3 atom stereocenters. The molecule has 1 aliphatic carbocycles. The predicted molar refractivity (Wildman–Crippen MR) is 122 cm³/mol. The van der Waals surface area contributed by atoms with Crippen LogP contribution in [0.15, 0.2) is 54.6 Å². The first-order chi connectivity index (χ1) is 15.5. The molecule has 168 valence electrons. The van der Waals surface area contributed by atoms with E-state index in [2.05, 4.69) is 0 Å². The normalized spacial score (nSPS) is 19.2. The standard InChI is InChI=1S/C26H28O6/c1-28-17-8-6-15(7-9-17)23-24(16-10-18(29-2)12-19(11-16)30-3)26(27)21-13-20(31-4)14-22(32-5)25(21)23/h6-14,23-24,26-27H,1-5H3/t23-,24-,26-/m1/s1. The van der Waals surface area contributed by atoms with Gasteiger partial charge in [0.2, 0.25) is 0 Å². The first-order valence-corrected chi connectivity index (χ1v) is 10.3. The van der Waals surface area contributed by atoms with Crippen LogP contribution in [0.2, 0.25) is 0 Å². The van der Waals surface area contributed by atoms with Crippen LogP contribution in [0.1, 0.15) is 40.2 Å². The second kappa shape index (κ2) is 9.01. The monoisotopic (exact) mass is 436 g/mol. The number of hydrogen-bond acceptors (Lipinski definition) is 6. The molecule has 0 saturated carbocycles. The van der Waals surface area contributed by atoms with Crippen LogP contribution in [0.4, 0.5) is 0 Å². The van der Waals surface area contributed by atoms with E-state index in [9.17, 15) is 5.11 Å². The Morgan fingerprint density at radius 3 is 1.69 bits per heavy atom. The molecule has 0 saturated heterocycles. The fourth-order valence-electron chi connectivity index (χ4n) is 4.62. The summed E-state index contributed by atoms with van der Waals surface area (Å²) in [6.07, 6.45) is -0.780. The van der Waals surface area contributed by atoms with Crippen LogP contribution < -0.4 is 23.7 Å². The number of hydrogen-bond donors (Lipinski definition) is 1. The summed E-state index contributed by atoms with van der Waals surface area (Å²) in [5.41, 5.74) is 3.68. The Morgan fingerprint density at radius 1 is 0.594 bits per heavy atom. The third-order valence-corrected chi connectivity index (χ3v) is 6.17. The highest BCUT2D eigenvalue weighted by Crippen LogP contribution is 2.58. The highest BCUT2D eigenvalue weighted by molar-refractivity contribution is 5.60. The minimum atomic E-state index is -0.780. The number of benzene rings is 3. The van der Waals surface area contributed by atoms with Crippen molar-refractivity contribution in [2.24, 2.45) is 0 Å². The smallest absolute Gasteiger partial charge is 0.126 e. The molecule has 0 aromatic heterocycles. The van der Waals surface area contributed by atoms with Gasteiger partial charge < -0.3 is 28.8 Å². The number of fused-ring (bicyclic) bond motifs is 1. The summed E-state index contributed by atoms with van der Waals surface area (Å²) in [7, 11) is 8.12. The number of ether oxygens (including phenoxy) is 5. The largest absolute Gasteiger partial charge is 0.497 e. The molecule has 0 amide bonds. The van der Waals surface area contributed by atoms with E-state index < -0.39 is 6.10 Å². The van der Waals surface area contributed by atoms with E-state index in [1.807, 2.05) is 54.6 Å². The second-order valence-electron chi connectivity index (χ2n) is 7.70. The van der Waals surface area contributed by atoms with E-state index in [0.717, 1.165) is 28.0 Å². The van der Waals surface area contributed by atoms with Crippen LogP contribution in [0.5, 0.6) is 28.7 Å². The maximum absolute atomic E-state index is 11.6. The van der Waals surface area contributed by atoms with Gasteiger partial charge in [0.1, 0.15) is 28.7 Å². The highest BCUT2D eigenvalue weighted by Gasteiger charge is 2.44. The van der Waals surface area contributed by atoms with E-state index in [1.165, 1.54) is 0 Å². The third kappa shape index (κ3) is 3.71. The van der Waals surface area contributed by atoms with Crippen molar-refractivity contribution in [3.05, 3.63) is 76.9 Å². The molecule has 1 N–H and O–H groups in total. The summed E-state index contributed by atoms with van der Waals surface area (Å²) in [6, 6.07) is 17.4. The SMILES string of the molecule is COc1ccc([C@H]2c3c(OC)cc(OC)cc3[C@@H](O)[C@@H]2c2cc(OC)cc(OC)c2)cc1. The Morgan fingerprint density at radius 2 is 1.16 bits per heavy atom. The van der Waals surface area contributed by atoms with Crippen molar-refractivity contribution >= 4 is 0 Å². The van der Waals surface area contributed by atoms with Gasteiger partial charge in [-0.05, 0) is 47.0 Å². The van der Waals surface area contributed by atoms with Crippen molar-refractivity contribution < 1.29 is 28.8 Å². The number of methoxy groups -OCH3 is 5. The van der Waals surface area contributed by atoms with Crippen LogP contribution in [0.25, 0.3) is 0 Å². The van der Waals surface area contributed by atoms with Gasteiger partial charge in [-0.3, -0.25) is 0 Å². The molecule has 0 aliphatic heterocycles. The van der Waals surface area contributed by atoms with Crippen LogP contribution in [0.3, 0.4) is 0 Å². The van der Waals surface area contributed by atoms with Gasteiger partial charge in [-0.2, -0.15) is 0 Å². The molecule has 0 heterocycles. The fourth-order valence-corrected chi connectivity index (χ4v) is 4.62. The van der Waals surface area contributed by atoms with Crippen molar-refractivity contribution in [1.29, 1.82) is 0 Å². The Balaban J connectivity index is 1.95. The molecule has 4 rings (SSSR count). The molecule has 0 radical (unpaired) electrons. The molecule has 32 heavy (non-hydrogen) atoms. The first-order valence-electron chi connectivity index (χ1n) is 10.3. The van der Waals surface area contributed by atoms with Gasteiger partial charge in [-0.15, -0.1) is 0 Å². The summed E-state index contributed by atoms with van der Waals surface area (Å²) in [5.74, 6) is 2.97. The highest BCUT2D eigenvalue weighted by atomic mass is 16.5. The molecular formula is C26H28O6. The van der Waals surface area contributed by atoms with Gasteiger partial charge in [-0.1, -0.05) is 12.1 Å². The summed E-state index contributed by atoms with van der Waals surface area (Å²) in [6.45, 7) is 0. The van der Waals surface area contributed by atoms with Crippen LogP contribution in [0, 0.1) is 0 Å². The molecule has 3 aromatic rings. The fraction of sp³-hybridized carbons (Fsp3) is 0.308. The second-order valence-corrected chi connectivity index (χ2v) is 7.70. The third-order valence-electron chi connectivity index (χ3n) is 6.17. The van der Waals surface area contributed by atoms with E-state index in [-0.39, 0.29) is 11.8 Å². The molecule has 0 spiro atoms. The minimum absolute atomic E-state index is 0.163. The van der Waals surface area contributed by atoms with Crippen molar-refractivity contribution in [2.75, 3.05) is 35.5 Å². The van der Waals surface area contributed by atoms with Gasteiger partial charge in [0.05, 0.1) is 41.7 Å². The number of aliphatic hydroxyl groups excluding tert-OH is 1. The van der Waals surface area contributed by atoms with Gasteiger partial charge in [0.15, 0.2) is 0 Å². The topological polar surface area (TPSA) is 66.4 Å². The molecule has 0 unspecified atom stereocenters. The maximum atomic E-state index is 11.6. The molecule has 0 fully saturated rings. The van der Waals surface area contributed by atoms with Crippen LogP contribution in [-0.2, 0) is 0 Å². The van der Waals surface area contributed by atoms with Gasteiger partial charge in [0, 0.05) is 29.5 Å². The lowest BCUT2D eigenvalue weighted by Gasteiger charge is -2.25. The zero-order valence-corrected chi connectivity index (χ0v) is 18.9. The zero-order chi connectivity index (χ0) is 22.8. The van der Waals surface area contributed by atoms with Crippen molar-refractivity contribution in [3.63, 3.8) is 0 Å². The number of aliphatic hydroxyl groups is 1. The van der Waals surface area contributed by atoms with Gasteiger partial charge in [-0.25, -0.2) is 0 Å². The van der Waals surface area contributed by atoms with Crippen LogP contribution in [-0.4, -0.2) is 40.7 Å². The molecular weight excluding hydrogens is 408 g/mol. The first kappa shape index (κ1) is 21.8. The van der Waals surface area contributed by atoms with Gasteiger partial charge >= 0.3 is 0 Å². The molecule has 1 aliphatic rings. The zero-order valence-electron chi connectivity index (χ0n) is 18.9. The summed E-state index contributed by atoms with van der Waals surface area (Å²) >= 11 is 0. The quantitative estimate of drug-likeness (QED) is 0.580. The average Bonchev–Trinajstić information content (AvgIpc) is 3.15. The molecule has 6 nitrogen and oxygen atoms in total. The lowest BCUT2D eigenvalue weighted by atomic mass is 9.80. The Hall–Kier alpha value is -3.38. The van der Waals surface area contributed by atoms with E-state index >= 15 is 0 Å². The van der Waals surface area contributed by atoms with E-state index in [4.69, 9.17) is 23.7 Å². The minimum Gasteiger partial charge on any atom is -0.497 e. The Bertz CT molecular complexity index is 1070. The molecule has 0 bridgehead atoms. The average molecular weight is 437 g/mol. The Labute approximate surface area is 188 Å². The van der Waals surface area contributed by atoms with Crippen molar-refractivity contribution in [3.8, 4) is 28.7 Å². The number of rotatable bonds is 7. The summed E-state index contributed by atoms with van der Waals surface area (Å²) < 4.78 is 27.6. The van der Waals surface area contributed by atoms with Gasteiger partial charge in [0.25, 0.3) is 0 Å². The molecule has 3 aromatic carbocycles. The molecule has 6 heteroatoms. The Kier molecular flexibility index (Phi) is 6.15. The lowest BCUT2D eigenvalue weighted by Crippen LogP contribution is -2.12. The predicted octanol–water partition coefficient (Wildman–Crippen LogP) is 4.69. The summed E-state index contributed by atoms with van der Waals surface area (Å²) in [4.78, 5) is 0.